The number of carboxylic acid groups (broad SMARTS) is 1. The van der Waals surface area contributed by atoms with Gasteiger partial charge in [0.2, 0.25) is 29.5 Å². The van der Waals surface area contributed by atoms with Crippen LogP contribution in [0.2, 0.25) is 0 Å². The summed E-state index contributed by atoms with van der Waals surface area (Å²) in [5.74, 6) is -5.43. The Balaban J connectivity index is 3.29. The van der Waals surface area contributed by atoms with Gasteiger partial charge >= 0.3 is 5.97 Å². The van der Waals surface area contributed by atoms with Gasteiger partial charge in [-0.1, -0.05) is 0 Å². The Morgan fingerprint density at radius 1 is 1.00 bits per heavy atom. The zero-order valence-corrected chi connectivity index (χ0v) is 19.2. The van der Waals surface area contributed by atoms with E-state index in [0.29, 0.717) is 0 Å². The molecule has 9 N–H and O–H groups in total. The van der Waals surface area contributed by atoms with Crippen molar-refractivity contribution in [1.82, 2.24) is 26.6 Å². The number of nitrogens with two attached hydrogens (primary N) is 1. The van der Waals surface area contributed by atoms with E-state index in [0.717, 1.165) is 11.8 Å². The Morgan fingerprint density at radius 2 is 1.58 bits per heavy atom. The van der Waals surface area contributed by atoms with Crippen LogP contribution in [0.15, 0.2) is 0 Å². The lowest BCUT2D eigenvalue weighted by molar-refractivity contribution is -0.138. The van der Waals surface area contributed by atoms with Crippen molar-refractivity contribution in [3.63, 3.8) is 0 Å². The van der Waals surface area contributed by atoms with E-state index in [-0.39, 0.29) is 5.75 Å². The molecule has 1 aliphatic heterocycles. The molecule has 1 aliphatic rings. The molecule has 1 fully saturated rings. The van der Waals surface area contributed by atoms with Crippen LogP contribution in [0.4, 0.5) is 0 Å². The highest BCUT2D eigenvalue weighted by Crippen LogP contribution is 2.17. The van der Waals surface area contributed by atoms with E-state index in [4.69, 9.17) is 5.73 Å². The Bertz CT molecular complexity index is 781. The highest BCUT2D eigenvalue weighted by molar-refractivity contribution is 8.00. The number of hydrogen-bond acceptors (Lipinski definition) is 9. The van der Waals surface area contributed by atoms with E-state index in [1.807, 2.05) is 0 Å². The highest BCUT2D eigenvalue weighted by Gasteiger charge is 2.34. The van der Waals surface area contributed by atoms with Gasteiger partial charge in [-0.15, -0.1) is 11.8 Å². The molecule has 0 bridgehead atoms. The molecule has 4 unspecified atom stereocenters. The molecule has 14 nitrogen and oxygen atoms in total. The third-order valence-corrected chi connectivity index (χ3v) is 6.28. The standard InChI is InChI=1S/C18H30N6O8S/c1-7-13(18(31)32)33-6-11(20-3)17(30)24-10(5-25)16(29)22-8(2)14(27)23-9(4-12(19)26)15(28)21-7/h7-11,13,20,25H,4-6H2,1-3H3,(H2,19,26)(H,21,28)(H,22,29)(H,23,27)(H,24,30)(H,31,32)/t7?,8-,9-,10?,11?,13?/m0/s1. The predicted molar refractivity (Wildman–Crippen MR) is 117 cm³/mol. The molecule has 0 aromatic carbocycles. The largest absolute Gasteiger partial charge is 0.480 e. The lowest BCUT2D eigenvalue weighted by Gasteiger charge is -2.27. The van der Waals surface area contributed by atoms with Crippen LogP contribution in [0.3, 0.4) is 0 Å². The third kappa shape index (κ3) is 8.51. The monoisotopic (exact) mass is 490 g/mol. The summed E-state index contributed by atoms with van der Waals surface area (Å²) in [4.78, 5) is 73.3. The van der Waals surface area contributed by atoms with Crippen LogP contribution in [0, 0.1) is 0 Å². The zero-order chi connectivity index (χ0) is 25.3. The first-order valence-corrected chi connectivity index (χ1v) is 11.1. The minimum atomic E-state index is -1.41. The van der Waals surface area contributed by atoms with Gasteiger partial charge in [-0.25, -0.2) is 0 Å². The number of likely N-dealkylation sites (N-methyl/N-ethyl adjacent to an activating group) is 1. The van der Waals surface area contributed by atoms with Gasteiger partial charge in [0, 0.05) is 11.8 Å². The minimum absolute atomic E-state index is 0.0445. The zero-order valence-electron chi connectivity index (χ0n) is 18.4. The quantitative estimate of drug-likeness (QED) is 0.184. The number of hydrogen-bond donors (Lipinski definition) is 8. The number of aliphatic carboxylic acids is 1. The Labute approximate surface area is 194 Å². The minimum Gasteiger partial charge on any atom is -0.480 e. The number of thioether (sulfide) groups is 1. The summed E-state index contributed by atoms with van der Waals surface area (Å²) in [6.07, 6.45) is -0.563. The topological polar surface area (TPSA) is 229 Å². The van der Waals surface area contributed by atoms with Crippen molar-refractivity contribution >= 4 is 47.3 Å². The van der Waals surface area contributed by atoms with Crippen LogP contribution in [-0.4, -0.2) is 101 Å². The van der Waals surface area contributed by atoms with Gasteiger partial charge in [0.15, 0.2) is 0 Å². The summed E-state index contributed by atoms with van der Waals surface area (Å²) in [7, 11) is 1.46. The maximum absolute atomic E-state index is 12.7. The van der Waals surface area contributed by atoms with Crippen molar-refractivity contribution < 1.29 is 39.0 Å². The summed E-state index contributed by atoms with van der Waals surface area (Å²) in [6.45, 7) is 1.95. The molecular weight excluding hydrogens is 460 g/mol. The van der Waals surface area contributed by atoms with Gasteiger partial charge in [0.25, 0.3) is 0 Å². The summed E-state index contributed by atoms with van der Waals surface area (Å²) < 4.78 is 0. The average Bonchev–Trinajstić information content (AvgIpc) is 2.72. The number of carbonyl (C=O) groups excluding carboxylic acids is 5. The molecule has 1 heterocycles. The highest BCUT2D eigenvalue weighted by atomic mass is 32.2. The van der Waals surface area contributed by atoms with Crippen LogP contribution in [-0.2, 0) is 28.8 Å². The third-order valence-electron chi connectivity index (χ3n) is 4.78. The van der Waals surface area contributed by atoms with Crippen molar-refractivity contribution in [3.8, 4) is 0 Å². The Hall–Kier alpha value is -2.91. The number of primary amides is 1. The van der Waals surface area contributed by atoms with Crippen LogP contribution in [0.25, 0.3) is 0 Å². The van der Waals surface area contributed by atoms with Gasteiger partial charge in [0.05, 0.1) is 19.1 Å². The molecule has 0 saturated carbocycles. The smallest absolute Gasteiger partial charge is 0.318 e. The molecule has 1 rings (SSSR count). The van der Waals surface area contributed by atoms with Crippen LogP contribution in [0.1, 0.15) is 20.3 Å². The van der Waals surface area contributed by atoms with E-state index in [2.05, 4.69) is 26.6 Å². The SMILES string of the molecule is CNC1CSC(C(=O)O)C(C)NC(=O)[C@H](CC(N)=O)NC(=O)[C@H](C)NC(=O)C(CO)NC1=O. The van der Waals surface area contributed by atoms with E-state index in [1.165, 1.54) is 20.9 Å². The van der Waals surface area contributed by atoms with E-state index >= 15 is 0 Å². The molecule has 0 radical (unpaired) electrons. The molecule has 0 spiro atoms. The molecule has 5 amide bonds. The number of carbonyl (C=O) groups is 6. The first-order chi connectivity index (χ1) is 15.4. The molecule has 33 heavy (non-hydrogen) atoms. The molecule has 0 aromatic rings. The number of nitrogens with one attached hydrogen (secondary N) is 5. The van der Waals surface area contributed by atoms with E-state index < -0.39 is 84.0 Å². The van der Waals surface area contributed by atoms with Gasteiger partial charge in [-0.2, -0.15) is 0 Å². The van der Waals surface area contributed by atoms with E-state index in [1.54, 1.807) is 0 Å². The second-order valence-electron chi connectivity index (χ2n) is 7.44. The summed E-state index contributed by atoms with van der Waals surface area (Å²) >= 11 is 0.858. The van der Waals surface area contributed by atoms with E-state index in [9.17, 15) is 39.0 Å². The number of aliphatic hydroxyl groups excluding tert-OH is 1. The Morgan fingerprint density at radius 3 is 2.09 bits per heavy atom. The number of aliphatic hydroxyl groups is 1. The van der Waals surface area contributed by atoms with Crippen LogP contribution in [0.5, 0.6) is 0 Å². The summed E-state index contributed by atoms with van der Waals surface area (Å²) in [5, 5.41) is 30.0. The number of carboxylic acids is 1. The molecule has 1 saturated heterocycles. The van der Waals surface area contributed by atoms with Crippen molar-refractivity contribution in [3.05, 3.63) is 0 Å². The lowest BCUT2D eigenvalue weighted by Crippen LogP contribution is -2.59. The van der Waals surface area contributed by atoms with Crippen LogP contribution < -0.4 is 32.3 Å². The van der Waals surface area contributed by atoms with Crippen molar-refractivity contribution in [2.45, 2.75) is 55.7 Å². The maximum Gasteiger partial charge on any atom is 0.318 e. The Kier molecular flexibility index (Phi) is 11.0. The molecule has 0 aromatic heterocycles. The van der Waals surface area contributed by atoms with Gasteiger partial charge in [-0.05, 0) is 20.9 Å². The van der Waals surface area contributed by atoms with Gasteiger partial charge in [0.1, 0.15) is 23.4 Å². The predicted octanol–water partition coefficient (Wildman–Crippen LogP) is -4.38. The summed E-state index contributed by atoms with van der Waals surface area (Å²) in [6, 6.07) is -5.90. The second kappa shape index (κ2) is 13.0. The lowest BCUT2D eigenvalue weighted by atomic mass is 10.1. The summed E-state index contributed by atoms with van der Waals surface area (Å²) in [5.41, 5.74) is 5.16. The molecule has 186 valence electrons. The number of rotatable bonds is 5. The van der Waals surface area contributed by atoms with Gasteiger partial charge in [-0.3, -0.25) is 28.8 Å². The fourth-order valence-corrected chi connectivity index (χ4v) is 4.09. The molecule has 6 atom stereocenters. The number of amides is 5. The van der Waals surface area contributed by atoms with Crippen LogP contribution >= 0.6 is 11.8 Å². The first kappa shape index (κ1) is 28.1. The molecular formula is C18H30N6O8S. The molecule has 15 heteroatoms. The molecule has 0 aliphatic carbocycles. The van der Waals surface area contributed by atoms with Crippen molar-refractivity contribution in [2.75, 3.05) is 19.4 Å². The fraction of sp³-hybridized carbons (Fsp3) is 0.667. The van der Waals surface area contributed by atoms with Crippen molar-refractivity contribution in [1.29, 1.82) is 0 Å². The first-order valence-electron chi connectivity index (χ1n) is 10.0. The van der Waals surface area contributed by atoms with Gasteiger partial charge < -0.3 is 42.5 Å². The maximum atomic E-state index is 12.7. The van der Waals surface area contributed by atoms with Crippen molar-refractivity contribution in [2.24, 2.45) is 5.73 Å². The average molecular weight is 491 g/mol. The normalized spacial score (nSPS) is 30.4. The fourth-order valence-electron chi connectivity index (χ4n) is 2.87. The second-order valence-corrected chi connectivity index (χ2v) is 8.61.